The molecule has 1 heterocycles. The number of methoxy groups -OCH3 is 2. The molecule has 0 atom stereocenters. The number of amides is 1. The van der Waals surface area contributed by atoms with Gasteiger partial charge in [0.05, 0.1) is 31.0 Å². The first-order valence-electron chi connectivity index (χ1n) is 10.9. The third kappa shape index (κ3) is 5.30. The molecule has 0 aliphatic rings. The van der Waals surface area contributed by atoms with Gasteiger partial charge in [0.15, 0.2) is 16.3 Å². The lowest BCUT2D eigenvalue weighted by Crippen LogP contribution is -2.19. The van der Waals surface area contributed by atoms with Crippen molar-refractivity contribution in [2.24, 2.45) is 4.99 Å². The maximum atomic E-state index is 13.0. The Balaban J connectivity index is 1.66. The molecule has 0 saturated heterocycles. The van der Waals surface area contributed by atoms with Gasteiger partial charge in [-0.05, 0) is 43.3 Å². The number of hydrogen-bond donors (Lipinski definition) is 0. The van der Waals surface area contributed by atoms with E-state index in [9.17, 15) is 4.79 Å². The summed E-state index contributed by atoms with van der Waals surface area (Å²) in [5.74, 6) is 2.29. The summed E-state index contributed by atoms with van der Waals surface area (Å²) in [5.41, 5.74) is 1.38. The van der Waals surface area contributed by atoms with Gasteiger partial charge in [0.1, 0.15) is 11.5 Å². The van der Waals surface area contributed by atoms with Gasteiger partial charge in [-0.1, -0.05) is 29.5 Å². The second-order valence-corrected chi connectivity index (χ2v) is 8.27. The van der Waals surface area contributed by atoms with E-state index in [-0.39, 0.29) is 5.91 Å². The summed E-state index contributed by atoms with van der Waals surface area (Å²) in [6.45, 7) is 3.62. The molecule has 0 saturated carbocycles. The van der Waals surface area contributed by atoms with Crippen LogP contribution in [0.25, 0.3) is 10.2 Å². The van der Waals surface area contributed by atoms with Crippen LogP contribution in [0.15, 0.2) is 71.7 Å². The van der Waals surface area contributed by atoms with Crippen molar-refractivity contribution in [3.8, 4) is 23.0 Å². The molecule has 4 aromatic rings. The molecular weight excluding hydrogens is 452 g/mol. The summed E-state index contributed by atoms with van der Waals surface area (Å²) >= 11 is 1.42. The molecule has 34 heavy (non-hydrogen) atoms. The minimum Gasteiger partial charge on any atom is -0.493 e. The number of benzene rings is 3. The second kappa shape index (κ2) is 11.0. The lowest BCUT2D eigenvalue weighted by molar-refractivity contribution is 0.0996. The molecule has 0 radical (unpaired) electrons. The van der Waals surface area contributed by atoms with E-state index in [1.165, 1.54) is 11.3 Å². The highest BCUT2D eigenvalue weighted by Gasteiger charge is 2.14. The van der Waals surface area contributed by atoms with Gasteiger partial charge in [-0.2, -0.15) is 4.99 Å². The molecule has 0 fully saturated rings. The molecular formula is C26H26N2O5S. The predicted molar refractivity (Wildman–Crippen MR) is 132 cm³/mol. The maximum absolute atomic E-state index is 13.0. The molecule has 0 aliphatic carbocycles. The number of fused-ring (bicyclic) bond motifs is 1. The first-order valence-corrected chi connectivity index (χ1v) is 11.7. The molecule has 0 spiro atoms. The van der Waals surface area contributed by atoms with E-state index in [0.29, 0.717) is 47.4 Å². The van der Waals surface area contributed by atoms with Crippen LogP contribution >= 0.6 is 11.3 Å². The summed E-state index contributed by atoms with van der Waals surface area (Å²) in [7, 11) is 3.20. The largest absolute Gasteiger partial charge is 0.493 e. The van der Waals surface area contributed by atoms with Gasteiger partial charge in [-0.3, -0.25) is 4.79 Å². The Kier molecular flexibility index (Phi) is 7.61. The maximum Gasteiger partial charge on any atom is 0.279 e. The second-order valence-electron chi connectivity index (χ2n) is 7.26. The van der Waals surface area contributed by atoms with Crippen molar-refractivity contribution in [1.29, 1.82) is 0 Å². The fourth-order valence-corrected chi connectivity index (χ4v) is 4.50. The average molecular weight is 479 g/mol. The smallest absolute Gasteiger partial charge is 0.279 e. The van der Waals surface area contributed by atoms with Gasteiger partial charge in [-0.15, -0.1) is 0 Å². The van der Waals surface area contributed by atoms with Crippen LogP contribution < -0.4 is 19.0 Å². The number of carbonyl (C=O) groups excluding carboxylic acids is 1. The minimum atomic E-state index is -0.332. The van der Waals surface area contributed by atoms with Crippen molar-refractivity contribution in [2.45, 2.75) is 13.5 Å². The van der Waals surface area contributed by atoms with Crippen LogP contribution in [0.4, 0.5) is 0 Å². The normalized spacial score (nSPS) is 11.6. The summed E-state index contributed by atoms with van der Waals surface area (Å²) in [6.07, 6.45) is 0. The highest BCUT2D eigenvalue weighted by atomic mass is 32.1. The lowest BCUT2D eigenvalue weighted by atomic mass is 10.2. The highest BCUT2D eigenvalue weighted by molar-refractivity contribution is 7.16. The molecule has 176 valence electrons. The van der Waals surface area contributed by atoms with Crippen LogP contribution in [-0.4, -0.2) is 37.9 Å². The number of para-hydroxylation sites is 1. The third-order valence-electron chi connectivity index (χ3n) is 5.13. The zero-order valence-corrected chi connectivity index (χ0v) is 20.1. The summed E-state index contributed by atoms with van der Waals surface area (Å²) in [4.78, 5) is 18.0. The Morgan fingerprint density at radius 1 is 0.941 bits per heavy atom. The van der Waals surface area contributed by atoms with E-state index < -0.39 is 0 Å². The summed E-state index contributed by atoms with van der Waals surface area (Å²) in [5, 5.41) is 0. The fraction of sp³-hybridized carbons (Fsp3) is 0.231. The van der Waals surface area contributed by atoms with E-state index in [1.54, 1.807) is 38.5 Å². The number of hydrogen-bond acceptors (Lipinski definition) is 6. The Labute approximate surface area is 201 Å². The Hall–Kier alpha value is -3.62. The van der Waals surface area contributed by atoms with E-state index in [4.69, 9.17) is 18.9 Å². The highest BCUT2D eigenvalue weighted by Crippen LogP contribution is 2.33. The Morgan fingerprint density at radius 2 is 1.62 bits per heavy atom. The number of rotatable bonds is 9. The molecule has 0 unspecified atom stereocenters. The van der Waals surface area contributed by atoms with Gasteiger partial charge in [0.25, 0.3) is 5.91 Å². The Bertz CT molecular complexity index is 1330. The Morgan fingerprint density at radius 3 is 2.29 bits per heavy atom. The van der Waals surface area contributed by atoms with Crippen LogP contribution in [-0.2, 0) is 11.3 Å². The fourth-order valence-electron chi connectivity index (χ4n) is 3.44. The van der Waals surface area contributed by atoms with E-state index in [2.05, 4.69) is 4.99 Å². The van der Waals surface area contributed by atoms with E-state index in [1.807, 2.05) is 54.0 Å². The van der Waals surface area contributed by atoms with Crippen molar-refractivity contribution in [2.75, 3.05) is 27.4 Å². The number of carbonyl (C=O) groups is 1. The topological polar surface area (TPSA) is 71.3 Å². The van der Waals surface area contributed by atoms with E-state index in [0.717, 1.165) is 16.0 Å². The average Bonchev–Trinajstić information content (AvgIpc) is 3.20. The quantitative estimate of drug-likeness (QED) is 0.306. The SMILES string of the molecule is CCOCCn1c(=NC(=O)c2ccc(Oc3ccccc3)cc2)sc2cc(OC)c(OC)cc21. The third-order valence-corrected chi connectivity index (χ3v) is 6.17. The zero-order valence-electron chi connectivity index (χ0n) is 19.3. The van der Waals surface area contributed by atoms with Crippen LogP contribution in [0.1, 0.15) is 17.3 Å². The van der Waals surface area contributed by atoms with Crippen LogP contribution in [0.2, 0.25) is 0 Å². The molecule has 1 amide bonds. The monoisotopic (exact) mass is 478 g/mol. The summed E-state index contributed by atoms with van der Waals surface area (Å²) < 4.78 is 25.2. The van der Waals surface area contributed by atoms with Crippen LogP contribution in [0.3, 0.4) is 0 Å². The number of nitrogens with zero attached hydrogens (tertiary/aromatic N) is 2. The van der Waals surface area contributed by atoms with Crippen LogP contribution in [0.5, 0.6) is 23.0 Å². The molecule has 0 bridgehead atoms. The molecule has 4 rings (SSSR count). The van der Waals surface area contributed by atoms with Gasteiger partial charge in [-0.25, -0.2) is 0 Å². The predicted octanol–water partition coefficient (Wildman–Crippen LogP) is 5.29. The van der Waals surface area contributed by atoms with Crippen molar-refractivity contribution in [3.63, 3.8) is 0 Å². The molecule has 7 nitrogen and oxygen atoms in total. The molecule has 0 aliphatic heterocycles. The van der Waals surface area contributed by atoms with Gasteiger partial charge in [0.2, 0.25) is 0 Å². The first-order chi connectivity index (χ1) is 16.6. The van der Waals surface area contributed by atoms with Gasteiger partial charge < -0.3 is 23.5 Å². The van der Waals surface area contributed by atoms with Crippen molar-refractivity contribution in [3.05, 3.63) is 77.1 Å². The summed E-state index contributed by atoms with van der Waals surface area (Å²) in [6, 6.07) is 20.2. The molecule has 1 aromatic heterocycles. The molecule has 8 heteroatoms. The van der Waals surface area contributed by atoms with Crippen molar-refractivity contribution >= 4 is 27.5 Å². The zero-order chi connectivity index (χ0) is 23.9. The first kappa shape index (κ1) is 23.5. The van der Waals surface area contributed by atoms with Gasteiger partial charge >= 0.3 is 0 Å². The van der Waals surface area contributed by atoms with Crippen LogP contribution in [0, 0.1) is 0 Å². The number of aromatic nitrogens is 1. The standard InChI is InChI=1S/C26H26N2O5S/c1-4-32-15-14-28-21-16-22(30-2)23(31-3)17-24(21)34-26(28)27-25(29)18-10-12-20(13-11-18)33-19-8-6-5-7-9-19/h5-13,16-17H,4,14-15H2,1-3H3. The number of ether oxygens (including phenoxy) is 4. The van der Waals surface area contributed by atoms with Gasteiger partial charge in [0, 0.05) is 30.8 Å². The lowest BCUT2D eigenvalue weighted by Gasteiger charge is -2.09. The van der Waals surface area contributed by atoms with E-state index >= 15 is 0 Å². The minimum absolute atomic E-state index is 0.332. The molecule has 3 aromatic carbocycles. The van der Waals surface area contributed by atoms with Crippen molar-refractivity contribution in [1.82, 2.24) is 4.57 Å². The molecule has 0 N–H and O–H groups in total. The van der Waals surface area contributed by atoms with Crippen molar-refractivity contribution < 1.29 is 23.7 Å². The number of thiazole rings is 1.